The average Bonchev–Trinajstić information content (AvgIpc) is 2.76. The summed E-state index contributed by atoms with van der Waals surface area (Å²) in [5, 5.41) is 7.36. The standard InChI is InChI=1S/C13H17Cl2FN2/c1-8(5-10-3-2-4-17-10)18-13-11(14)6-9(16)7-12(13)15/h6-8,10,17-18H,2-5H2,1H3. The lowest BCUT2D eigenvalue weighted by atomic mass is 10.1. The molecule has 0 aromatic heterocycles. The SMILES string of the molecule is CC(CC1CCCN1)Nc1c(Cl)cc(F)cc1Cl. The zero-order chi connectivity index (χ0) is 13.1. The van der Waals surface area contributed by atoms with Crippen LogP contribution in [-0.4, -0.2) is 18.6 Å². The largest absolute Gasteiger partial charge is 0.380 e. The van der Waals surface area contributed by atoms with Gasteiger partial charge in [-0.3, -0.25) is 0 Å². The van der Waals surface area contributed by atoms with Gasteiger partial charge in [0.25, 0.3) is 0 Å². The van der Waals surface area contributed by atoms with Crippen LogP contribution in [0.5, 0.6) is 0 Å². The molecule has 1 aliphatic heterocycles. The fourth-order valence-electron chi connectivity index (χ4n) is 2.37. The molecule has 0 amide bonds. The highest BCUT2D eigenvalue weighted by molar-refractivity contribution is 6.39. The zero-order valence-electron chi connectivity index (χ0n) is 10.3. The van der Waals surface area contributed by atoms with E-state index in [2.05, 4.69) is 17.6 Å². The molecule has 0 radical (unpaired) electrons. The van der Waals surface area contributed by atoms with E-state index in [-0.39, 0.29) is 6.04 Å². The second kappa shape index (κ2) is 6.09. The third kappa shape index (κ3) is 3.50. The summed E-state index contributed by atoms with van der Waals surface area (Å²) in [6.45, 7) is 3.17. The first-order valence-electron chi connectivity index (χ1n) is 6.20. The van der Waals surface area contributed by atoms with E-state index in [1.165, 1.54) is 25.0 Å². The van der Waals surface area contributed by atoms with Crippen molar-refractivity contribution in [2.45, 2.75) is 38.3 Å². The van der Waals surface area contributed by atoms with Gasteiger partial charge in [-0.05, 0) is 44.9 Å². The van der Waals surface area contributed by atoms with Crippen molar-refractivity contribution in [3.8, 4) is 0 Å². The number of rotatable bonds is 4. The smallest absolute Gasteiger partial charge is 0.126 e. The molecule has 5 heteroatoms. The third-order valence-electron chi connectivity index (χ3n) is 3.20. The molecule has 1 aromatic rings. The van der Waals surface area contributed by atoms with Crippen molar-refractivity contribution in [1.82, 2.24) is 5.32 Å². The van der Waals surface area contributed by atoms with Gasteiger partial charge in [0.15, 0.2) is 0 Å². The third-order valence-corrected chi connectivity index (χ3v) is 3.79. The summed E-state index contributed by atoms with van der Waals surface area (Å²) in [5.74, 6) is -0.416. The maximum Gasteiger partial charge on any atom is 0.126 e. The first-order chi connectivity index (χ1) is 8.56. The monoisotopic (exact) mass is 290 g/mol. The van der Waals surface area contributed by atoms with Crippen molar-refractivity contribution in [2.75, 3.05) is 11.9 Å². The number of anilines is 1. The van der Waals surface area contributed by atoms with Gasteiger partial charge in [-0.15, -0.1) is 0 Å². The Bertz CT molecular complexity index is 396. The second-order valence-electron chi connectivity index (χ2n) is 4.82. The molecule has 1 aromatic carbocycles. The van der Waals surface area contributed by atoms with Gasteiger partial charge in [-0.2, -0.15) is 0 Å². The van der Waals surface area contributed by atoms with Crippen LogP contribution in [0.3, 0.4) is 0 Å². The van der Waals surface area contributed by atoms with Gasteiger partial charge in [-0.1, -0.05) is 23.2 Å². The Balaban J connectivity index is 1.99. The van der Waals surface area contributed by atoms with E-state index >= 15 is 0 Å². The predicted octanol–water partition coefficient (Wildman–Crippen LogP) is 4.08. The minimum absolute atomic E-state index is 0.237. The summed E-state index contributed by atoms with van der Waals surface area (Å²) in [4.78, 5) is 0. The Morgan fingerprint density at radius 1 is 1.44 bits per heavy atom. The molecule has 1 aliphatic rings. The van der Waals surface area contributed by atoms with E-state index in [0.29, 0.717) is 21.8 Å². The number of halogens is 3. The number of hydrogen-bond donors (Lipinski definition) is 2. The van der Waals surface area contributed by atoms with Crippen LogP contribution in [0.2, 0.25) is 10.0 Å². The van der Waals surface area contributed by atoms with E-state index in [4.69, 9.17) is 23.2 Å². The van der Waals surface area contributed by atoms with E-state index in [0.717, 1.165) is 13.0 Å². The molecule has 0 spiro atoms. The number of nitrogens with one attached hydrogen (secondary N) is 2. The molecule has 2 nitrogen and oxygen atoms in total. The fraction of sp³-hybridized carbons (Fsp3) is 0.538. The maximum atomic E-state index is 13.1. The van der Waals surface area contributed by atoms with Crippen molar-refractivity contribution in [3.05, 3.63) is 28.0 Å². The summed E-state index contributed by atoms with van der Waals surface area (Å²) >= 11 is 12.0. The summed E-state index contributed by atoms with van der Waals surface area (Å²) in [5.41, 5.74) is 0.616. The number of hydrogen-bond acceptors (Lipinski definition) is 2. The summed E-state index contributed by atoms with van der Waals surface area (Å²) in [7, 11) is 0. The molecule has 1 heterocycles. The maximum absolute atomic E-state index is 13.1. The van der Waals surface area contributed by atoms with Crippen LogP contribution in [-0.2, 0) is 0 Å². The molecule has 0 bridgehead atoms. The molecule has 2 atom stereocenters. The summed E-state index contributed by atoms with van der Waals surface area (Å²) in [6, 6.07) is 3.33. The average molecular weight is 291 g/mol. The predicted molar refractivity (Wildman–Crippen MR) is 75.1 cm³/mol. The molecule has 1 fully saturated rings. The number of benzene rings is 1. The van der Waals surface area contributed by atoms with Crippen LogP contribution >= 0.6 is 23.2 Å². The Morgan fingerprint density at radius 2 is 2.11 bits per heavy atom. The molecule has 0 aliphatic carbocycles. The normalized spacial score (nSPS) is 21.0. The van der Waals surface area contributed by atoms with Crippen LogP contribution in [0.1, 0.15) is 26.2 Å². The molecule has 18 heavy (non-hydrogen) atoms. The van der Waals surface area contributed by atoms with Crippen LogP contribution in [0, 0.1) is 5.82 Å². The van der Waals surface area contributed by atoms with Crippen LogP contribution in [0.25, 0.3) is 0 Å². The fourth-order valence-corrected chi connectivity index (χ4v) is 2.94. The minimum atomic E-state index is -0.416. The van der Waals surface area contributed by atoms with Gasteiger partial charge < -0.3 is 10.6 Å². The van der Waals surface area contributed by atoms with E-state index in [1.54, 1.807) is 0 Å². The first-order valence-corrected chi connectivity index (χ1v) is 6.96. The van der Waals surface area contributed by atoms with E-state index in [1.807, 2.05) is 0 Å². The highest BCUT2D eigenvalue weighted by Gasteiger charge is 2.18. The molecule has 0 saturated carbocycles. The lowest BCUT2D eigenvalue weighted by Gasteiger charge is -2.20. The first kappa shape index (κ1) is 13.9. The highest BCUT2D eigenvalue weighted by atomic mass is 35.5. The van der Waals surface area contributed by atoms with E-state index in [9.17, 15) is 4.39 Å². The lowest BCUT2D eigenvalue weighted by Crippen LogP contribution is -2.29. The van der Waals surface area contributed by atoms with Gasteiger partial charge in [0.05, 0.1) is 15.7 Å². The summed E-state index contributed by atoms with van der Waals surface area (Å²) in [6.07, 6.45) is 3.44. The molecule has 2 unspecified atom stereocenters. The second-order valence-corrected chi connectivity index (χ2v) is 5.63. The van der Waals surface area contributed by atoms with Gasteiger partial charge in [-0.25, -0.2) is 4.39 Å². The highest BCUT2D eigenvalue weighted by Crippen LogP contribution is 2.32. The summed E-state index contributed by atoms with van der Waals surface area (Å²) < 4.78 is 13.1. The van der Waals surface area contributed by atoms with Gasteiger partial charge in [0, 0.05) is 12.1 Å². The molecule has 2 rings (SSSR count). The quantitative estimate of drug-likeness (QED) is 0.873. The Hall–Kier alpha value is -0.510. The lowest BCUT2D eigenvalue weighted by molar-refractivity contribution is 0.523. The molecule has 1 saturated heterocycles. The van der Waals surface area contributed by atoms with Crippen LogP contribution < -0.4 is 10.6 Å². The Kier molecular flexibility index (Phi) is 4.71. The van der Waals surface area contributed by atoms with Crippen molar-refractivity contribution < 1.29 is 4.39 Å². The Labute approximate surface area is 117 Å². The van der Waals surface area contributed by atoms with Crippen LogP contribution in [0.4, 0.5) is 10.1 Å². The molecule has 2 N–H and O–H groups in total. The van der Waals surface area contributed by atoms with Crippen molar-refractivity contribution in [1.29, 1.82) is 0 Å². The van der Waals surface area contributed by atoms with Crippen molar-refractivity contribution in [2.24, 2.45) is 0 Å². The molecule has 100 valence electrons. The van der Waals surface area contributed by atoms with Gasteiger partial charge in [0.2, 0.25) is 0 Å². The van der Waals surface area contributed by atoms with Gasteiger partial charge in [0.1, 0.15) is 5.82 Å². The minimum Gasteiger partial charge on any atom is -0.380 e. The van der Waals surface area contributed by atoms with Gasteiger partial charge >= 0.3 is 0 Å². The van der Waals surface area contributed by atoms with Crippen molar-refractivity contribution >= 4 is 28.9 Å². The molecular formula is C13H17Cl2FN2. The zero-order valence-corrected chi connectivity index (χ0v) is 11.8. The topological polar surface area (TPSA) is 24.1 Å². The molecular weight excluding hydrogens is 274 g/mol. The van der Waals surface area contributed by atoms with Crippen molar-refractivity contribution in [3.63, 3.8) is 0 Å². The van der Waals surface area contributed by atoms with E-state index < -0.39 is 5.82 Å². The Morgan fingerprint density at radius 3 is 2.67 bits per heavy atom. The van der Waals surface area contributed by atoms with Crippen LogP contribution in [0.15, 0.2) is 12.1 Å².